The van der Waals surface area contributed by atoms with Gasteiger partial charge < -0.3 is 5.32 Å². The van der Waals surface area contributed by atoms with Crippen LogP contribution in [0.1, 0.15) is 55.7 Å². The Kier molecular flexibility index (Phi) is 4.45. The van der Waals surface area contributed by atoms with Crippen LogP contribution in [0.15, 0.2) is 18.2 Å². The maximum absolute atomic E-state index is 3.70. The lowest BCUT2D eigenvalue weighted by atomic mass is 9.84. The lowest BCUT2D eigenvalue weighted by Crippen LogP contribution is -2.27. The summed E-state index contributed by atoms with van der Waals surface area (Å²) < 4.78 is 0. The van der Waals surface area contributed by atoms with Crippen LogP contribution >= 0.6 is 0 Å². The van der Waals surface area contributed by atoms with Crippen molar-refractivity contribution in [1.82, 2.24) is 5.32 Å². The minimum absolute atomic E-state index is 0.662. The molecule has 1 aliphatic rings. The molecule has 0 radical (unpaired) electrons. The summed E-state index contributed by atoms with van der Waals surface area (Å²) in [5.41, 5.74) is 4.34. The van der Waals surface area contributed by atoms with Crippen LogP contribution in [0.5, 0.6) is 0 Å². The van der Waals surface area contributed by atoms with Gasteiger partial charge in [-0.25, -0.2) is 0 Å². The van der Waals surface area contributed by atoms with E-state index in [0.29, 0.717) is 5.92 Å². The third-order valence-corrected chi connectivity index (χ3v) is 4.49. The maximum atomic E-state index is 3.70. The van der Waals surface area contributed by atoms with Gasteiger partial charge in [0.05, 0.1) is 0 Å². The fourth-order valence-electron chi connectivity index (χ4n) is 2.51. The van der Waals surface area contributed by atoms with Crippen molar-refractivity contribution in [3.8, 4) is 0 Å². The van der Waals surface area contributed by atoms with Gasteiger partial charge in [0.25, 0.3) is 0 Å². The Morgan fingerprint density at radius 2 is 1.94 bits per heavy atom. The fourth-order valence-corrected chi connectivity index (χ4v) is 2.51. The van der Waals surface area contributed by atoms with E-state index in [4.69, 9.17) is 0 Å². The highest BCUT2D eigenvalue weighted by Gasteiger charge is 2.24. The lowest BCUT2D eigenvalue weighted by Gasteiger charge is -2.25. The molecule has 1 fully saturated rings. The van der Waals surface area contributed by atoms with Crippen LogP contribution in [0.4, 0.5) is 0 Å². The third kappa shape index (κ3) is 3.35. The summed E-state index contributed by atoms with van der Waals surface area (Å²) in [4.78, 5) is 0. The van der Waals surface area contributed by atoms with E-state index in [1.807, 2.05) is 0 Å². The summed E-state index contributed by atoms with van der Waals surface area (Å²) in [6, 6.07) is 7.80. The van der Waals surface area contributed by atoms with Gasteiger partial charge in [0.1, 0.15) is 0 Å². The Labute approximate surface area is 112 Å². The molecular weight excluding hydrogens is 218 g/mol. The number of aryl methyl sites for hydroxylation is 2. The topological polar surface area (TPSA) is 12.0 Å². The predicted octanol–water partition coefficient (Wildman–Crippen LogP) is 4.19. The average molecular weight is 245 g/mol. The van der Waals surface area contributed by atoms with Gasteiger partial charge in [-0.1, -0.05) is 38.5 Å². The van der Waals surface area contributed by atoms with Crippen molar-refractivity contribution in [2.45, 2.75) is 58.9 Å². The Morgan fingerprint density at radius 1 is 1.22 bits per heavy atom. The molecule has 1 N–H and O–H groups in total. The number of rotatable bonds is 6. The van der Waals surface area contributed by atoms with Crippen LogP contribution in [0.2, 0.25) is 0 Å². The average Bonchev–Trinajstić information content (AvgIpc) is 3.17. The van der Waals surface area contributed by atoms with Crippen molar-refractivity contribution in [2.24, 2.45) is 5.92 Å². The molecule has 0 amide bonds. The summed E-state index contributed by atoms with van der Waals surface area (Å²) in [5.74, 6) is 1.41. The molecule has 1 saturated carbocycles. The molecule has 2 atom stereocenters. The Morgan fingerprint density at radius 3 is 2.50 bits per heavy atom. The van der Waals surface area contributed by atoms with Gasteiger partial charge in [0.15, 0.2) is 0 Å². The van der Waals surface area contributed by atoms with Crippen LogP contribution in [0, 0.1) is 19.8 Å². The molecule has 1 aliphatic carbocycles. The first-order valence-electron chi connectivity index (χ1n) is 7.42. The highest BCUT2D eigenvalue weighted by atomic mass is 14.9. The SMILES string of the molecule is CCC(C)C(CNC1CC1)c1ccc(C)c(C)c1. The Balaban J connectivity index is 2.11. The quantitative estimate of drug-likeness (QED) is 0.792. The van der Waals surface area contributed by atoms with Gasteiger partial charge in [-0.3, -0.25) is 0 Å². The zero-order valence-corrected chi connectivity index (χ0v) is 12.3. The minimum Gasteiger partial charge on any atom is -0.313 e. The number of hydrogen-bond acceptors (Lipinski definition) is 1. The van der Waals surface area contributed by atoms with Gasteiger partial charge in [-0.05, 0) is 55.2 Å². The molecule has 0 saturated heterocycles. The summed E-state index contributed by atoms with van der Waals surface area (Å²) in [6.07, 6.45) is 4.00. The van der Waals surface area contributed by atoms with E-state index in [-0.39, 0.29) is 0 Å². The molecule has 2 rings (SSSR count). The molecule has 1 aromatic carbocycles. The second-order valence-electron chi connectivity index (χ2n) is 6.02. The largest absolute Gasteiger partial charge is 0.313 e. The number of hydrogen-bond donors (Lipinski definition) is 1. The van der Waals surface area contributed by atoms with E-state index in [1.165, 1.54) is 36.0 Å². The van der Waals surface area contributed by atoms with Crippen LogP contribution < -0.4 is 5.32 Å². The fraction of sp³-hybridized carbons (Fsp3) is 0.647. The summed E-state index contributed by atoms with van der Waals surface area (Å²) in [6.45, 7) is 10.2. The van der Waals surface area contributed by atoms with Crippen molar-refractivity contribution >= 4 is 0 Å². The molecule has 0 spiro atoms. The number of nitrogens with one attached hydrogen (secondary N) is 1. The minimum atomic E-state index is 0.662. The molecule has 1 nitrogen and oxygen atoms in total. The van der Waals surface area contributed by atoms with Crippen LogP contribution in [-0.4, -0.2) is 12.6 Å². The molecule has 0 aromatic heterocycles. The number of benzene rings is 1. The maximum Gasteiger partial charge on any atom is 0.00684 e. The van der Waals surface area contributed by atoms with E-state index in [2.05, 4.69) is 51.2 Å². The molecule has 1 heteroatoms. The third-order valence-electron chi connectivity index (χ3n) is 4.49. The van der Waals surface area contributed by atoms with Gasteiger partial charge in [-0.15, -0.1) is 0 Å². The molecule has 100 valence electrons. The van der Waals surface area contributed by atoms with E-state index >= 15 is 0 Å². The van der Waals surface area contributed by atoms with Crippen LogP contribution in [-0.2, 0) is 0 Å². The first kappa shape index (κ1) is 13.6. The van der Waals surface area contributed by atoms with Crippen molar-refractivity contribution in [3.05, 3.63) is 34.9 Å². The first-order chi connectivity index (χ1) is 8.61. The van der Waals surface area contributed by atoms with Crippen LogP contribution in [0.25, 0.3) is 0 Å². The monoisotopic (exact) mass is 245 g/mol. The zero-order chi connectivity index (χ0) is 13.1. The smallest absolute Gasteiger partial charge is 0.00684 e. The van der Waals surface area contributed by atoms with E-state index in [0.717, 1.165) is 18.5 Å². The highest BCUT2D eigenvalue weighted by Crippen LogP contribution is 2.29. The second kappa shape index (κ2) is 5.88. The van der Waals surface area contributed by atoms with Crippen molar-refractivity contribution in [2.75, 3.05) is 6.54 Å². The van der Waals surface area contributed by atoms with E-state index < -0.39 is 0 Å². The van der Waals surface area contributed by atoms with Gasteiger partial charge in [-0.2, -0.15) is 0 Å². The van der Waals surface area contributed by atoms with Crippen molar-refractivity contribution in [1.29, 1.82) is 0 Å². The van der Waals surface area contributed by atoms with Crippen molar-refractivity contribution < 1.29 is 0 Å². The molecule has 2 unspecified atom stereocenters. The standard InChI is InChI=1S/C17H27N/c1-5-12(2)17(11-18-16-8-9-16)15-7-6-13(3)14(4)10-15/h6-7,10,12,16-18H,5,8-9,11H2,1-4H3. The van der Waals surface area contributed by atoms with Gasteiger partial charge in [0, 0.05) is 12.6 Å². The second-order valence-corrected chi connectivity index (χ2v) is 6.02. The molecule has 1 aromatic rings. The summed E-state index contributed by atoms with van der Waals surface area (Å²) in [5, 5.41) is 3.70. The van der Waals surface area contributed by atoms with Crippen LogP contribution in [0.3, 0.4) is 0 Å². The molecular formula is C17H27N. The lowest BCUT2D eigenvalue weighted by molar-refractivity contribution is 0.419. The Hall–Kier alpha value is -0.820. The zero-order valence-electron chi connectivity index (χ0n) is 12.3. The predicted molar refractivity (Wildman–Crippen MR) is 79.1 cm³/mol. The summed E-state index contributed by atoms with van der Waals surface area (Å²) >= 11 is 0. The van der Waals surface area contributed by atoms with E-state index in [9.17, 15) is 0 Å². The van der Waals surface area contributed by atoms with Gasteiger partial charge >= 0.3 is 0 Å². The van der Waals surface area contributed by atoms with E-state index in [1.54, 1.807) is 0 Å². The van der Waals surface area contributed by atoms with Gasteiger partial charge in [0.2, 0.25) is 0 Å². The first-order valence-corrected chi connectivity index (χ1v) is 7.42. The molecule has 0 bridgehead atoms. The van der Waals surface area contributed by atoms with Crippen molar-refractivity contribution in [3.63, 3.8) is 0 Å². The highest BCUT2D eigenvalue weighted by molar-refractivity contribution is 5.32. The Bertz CT molecular complexity index is 393. The molecule has 0 aliphatic heterocycles. The molecule has 18 heavy (non-hydrogen) atoms. The molecule has 0 heterocycles. The summed E-state index contributed by atoms with van der Waals surface area (Å²) in [7, 11) is 0. The normalized spacial score (nSPS) is 18.7.